The minimum absolute atomic E-state index is 0.0748. The van der Waals surface area contributed by atoms with Crippen molar-refractivity contribution in [1.29, 1.82) is 0 Å². The van der Waals surface area contributed by atoms with E-state index in [1.807, 2.05) is 50.2 Å². The highest BCUT2D eigenvalue weighted by atomic mass is 79.9. The Morgan fingerprint density at radius 2 is 2.00 bits per heavy atom. The Balaban J connectivity index is 1.50. The van der Waals surface area contributed by atoms with Gasteiger partial charge in [0.25, 0.3) is 0 Å². The minimum Gasteiger partial charge on any atom is -0.493 e. The van der Waals surface area contributed by atoms with E-state index in [9.17, 15) is 0 Å². The number of hydrogen-bond donors (Lipinski definition) is 1. The second-order valence-electron chi connectivity index (χ2n) is 6.85. The van der Waals surface area contributed by atoms with Gasteiger partial charge in [-0.1, -0.05) is 45.9 Å². The summed E-state index contributed by atoms with van der Waals surface area (Å²) < 4.78 is 14.2. The zero-order valence-corrected chi connectivity index (χ0v) is 19.7. The molecule has 0 aliphatic heterocycles. The highest BCUT2D eigenvalue weighted by Crippen LogP contribution is 2.35. The molecule has 3 aromatic rings. The summed E-state index contributed by atoms with van der Waals surface area (Å²) in [6, 6.07) is 13.9. The zero-order valence-electron chi connectivity index (χ0n) is 17.3. The van der Waals surface area contributed by atoms with Crippen molar-refractivity contribution in [2.24, 2.45) is 0 Å². The average Bonchev–Trinajstić information content (AvgIpc) is 3.21. The topological polar surface area (TPSA) is 74.1 Å². The number of hydrogen-bond acceptors (Lipinski definition) is 7. The van der Waals surface area contributed by atoms with Crippen LogP contribution in [0, 0.1) is 0 Å². The fraction of sp³-hybridized carbons (Fsp3) is 0.381. The SMILES string of the molecule is COc1cc(Br)cc(CNCCCSc2nnnn2-c2ccccc2)c1OC(C)C. The predicted molar refractivity (Wildman–Crippen MR) is 123 cm³/mol. The second-order valence-corrected chi connectivity index (χ2v) is 8.83. The molecular formula is C21H26BrN5O2S. The van der Waals surface area contributed by atoms with E-state index in [1.165, 1.54) is 0 Å². The van der Waals surface area contributed by atoms with Gasteiger partial charge in [-0.05, 0) is 61.5 Å². The molecule has 0 aliphatic rings. The maximum atomic E-state index is 5.99. The summed E-state index contributed by atoms with van der Waals surface area (Å²) in [4.78, 5) is 0. The van der Waals surface area contributed by atoms with Crippen LogP contribution in [0.25, 0.3) is 5.69 Å². The summed E-state index contributed by atoms with van der Waals surface area (Å²) in [5.74, 6) is 2.44. The van der Waals surface area contributed by atoms with Crippen LogP contribution in [0.1, 0.15) is 25.8 Å². The Kier molecular flexibility index (Phi) is 8.53. The first-order valence-electron chi connectivity index (χ1n) is 9.79. The van der Waals surface area contributed by atoms with Crippen molar-refractivity contribution in [1.82, 2.24) is 25.5 Å². The number of thioether (sulfide) groups is 1. The van der Waals surface area contributed by atoms with Gasteiger partial charge in [0.1, 0.15) is 0 Å². The van der Waals surface area contributed by atoms with Crippen LogP contribution in [0.5, 0.6) is 11.5 Å². The third kappa shape index (κ3) is 6.20. The molecule has 2 aromatic carbocycles. The van der Waals surface area contributed by atoms with E-state index >= 15 is 0 Å². The van der Waals surface area contributed by atoms with Gasteiger partial charge < -0.3 is 14.8 Å². The van der Waals surface area contributed by atoms with Crippen molar-refractivity contribution in [3.8, 4) is 17.2 Å². The number of halogens is 1. The van der Waals surface area contributed by atoms with E-state index in [-0.39, 0.29) is 6.10 Å². The normalized spacial score (nSPS) is 11.1. The summed E-state index contributed by atoms with van der Waals surface area (Å²) in [6.45, 7) is 5.60. The molecule has 0 saturated carbocycles. The second kappa shape index (κ2) is 11.3. The van der Waals surface area contributed by atoms with E-state index in [2.05, 4.69) is 42.8 Å². The number of para-hydroxylation sites is 1. The van der Waals surface area contributed by atoms with E-state index in [1.54, 1.807) is 23.6 Å². The highest BCUT2D eigenvalue weighted by Gasteiger charge is 2.14. The number of tetrazole rings is 1. The van der Waals surface area contributed by atoms with Gasteiger partial charge in [-0.2, -0.15) is 4.68 Å². The molecule has 0 saturated heterocycles. The molecule has 0 unspecified atom stereocenters. The monoisotopic (exact) mass is 491 g/mol. The first-order chi connectivity index (χ1) is 14.6. The lowest BCUT2D eigenvalue weighted by Crippen LogP contribution is -2.17. The van der Waals surface area contributed by atoms with Crippen molar-refractivity contribution < 1.29 is 9.47 Å². The van der Waals surface area contributed by atoms with Crippen molar-refractivity contribution >= 4 is 27.7 Å². The van der Waals surface area contributed by atoms with Crippen molar-refractivity contribution in [2.75, 3.05) is 19.4 Å². The number of nitrogens with one attached hydrogen (secondary N) is 1. The number of ether oxygens (including phenoxy) is 2. The smallest absolute Gasteiger partial charge is 0.214 e. The van der Waals surface area contributed by atoms with Crippen molar-refractivity contribution in [3.05, 3.63) is 52.5 Å². The number of aromatic nitrogens is 4. The summed E-state index contributed by atoms with van der Waals surface area (Å²) in [5, 5.41) is 16.3. The summed E-state index contributed by atoms with van der Waals surface area (Å²) in [6.07, 6.45) is 1.06. The molecule has 160 valence electrons. The van der Waals surface area contributed by atoms with E-state index in [4.69, 9.17) is 9.47 Å². The first-order valence-corrected chi connectivity index (χ1v) is 11.6. The molecule has 0 fully saturated rings. The van der Waals surface area contributed by atoms with Gasteiger partial charge in [0, 0.05) is 22.3 Å². The van der Waals surface area contributed by atoms with Gasteiger partial charge in [-0.3, -0.25) is 0 Å². The maximum absolute atomic E-state index is 5.99. The van der Waals surface area contributed by atoms with Crippen LogP contribution in [0.4, 0.5) is 0 Å². The Morgan fingerprint density at radius 3 is 2.73 bits per heavy atom. The largest absolute Gasteiger partial charge is 0.493 e. The Morgan fingerprint density at radius 1 is 1.20 bits per heavy atom. The number of benzene rings is 2. The molecule has 0 spiro atoms. The average molecular weight is 492 g/mol. The van der Waals surface area contributed by atoms with Crippen LogP contribution in [-0.4, -0.2) is 45.7 Å². The molecule has 0 bridgehead atoms. The molecule has 0 atom stereocenters. The van der Waals surface area contributed by atoms with Crippen LogP contribution in [0.2, 0.25) is 0 Å². The fourth-order valence-electron chi connectivity index (χ4n) is 2.86. The molecule has 0 amide bonds. The summed E-state index contributed by atoms with van der Waals surface area (Å²) in [5.41, 5.74) is 2.03. The minimum atomic E-state index is 0.0748. The Labute approximate surface area is 189 Å². The van der Waals surface area contributed by atoms with E-state index < -0.39 is 0 Å². The molecule has 9 heteroatoms. The van der Waals surface area contributed by atoms with Crippen LogP contribution in [-0.2, 0) is 6.54 Å². The van der Waals surface area contributed by atoms with E-state index in [0.29, 0.717) is 6.54 Å². The van der Waals surface area contributed by atoms with Gasteiger partial charge in [-0.15, -0.1) is 5.10 Å². The molecule has 1 heterocycles. The number of rotatable bonds is 11. The summed E-state index contributed by atoms with van der Waals surface area (Å²) in [7, 11) is 1.66. The molecule has 30 heavy (non-hydrogen) atoms. The Bertz CT molecular complexity index is 936. The molecule has 1 N–H and O–H groups in total. The lowest BCUT2D eigenvalue weighted by atomic mass is 10.1. The third-order valence-electron chi connectivity index (χ3n) is 4.16. The molecule has 7 nitrogen and oxygen atoms in total. The van der Waals surface area contributed by atoms with Crippen molar-refractivity contribution in [2.45, 2.75) is 38.1 Å². The Hall–Kier alpha value is -2.10. The van der Waals surface area contributed by atoms with Crippen LogP contribution < -0.4 is 14.8 Å². The lowest BCUT2D eigenvalue weighted by molar-refractivity contribution is 0.227. The first kappa shape index (κ1) is 22.6. The fourth-order valence-corrected chi connectivity index (χ4v) is 4.17. The van der Waals surface area contributed by atoms with Gasteiger partial charge >= 0.3 is 0 Å². The van der Waals surface area contributed by atoms with Gasteiger partial charge in [0.05, 0.1) is 18.9 Å². The molecular weight excluding hydrogens is 466 g/mol. The van der Waals surface area contributed by atoms with Gasteiger partial charge in [0.15, 0.2) is 11.5 Å². The zero-order chi connectivity index (χ0) is 21.3. The van der Waals surface area contributed by atoms with Crippen LogP contribution >= 0.6 is 27.7 Å². The quantitative estimate of drug-likeness (QED) is 0.312. The third-order valence-corrected chi connectivity index (χ3v) is 5.62. The molecule has 1 aromatic heterocycles. The highest BCUT2D eigenvalue weighted by molar-refractivity contribution is 9.10. The predicted octanol–water partition coefficient (Wildman–Crippen LogP) is 4.49. The number of methoxy groups -OCH3 is 1. The number of nitrogens with zero attached hydrogens (tertiary/aromatic N) is 4. The summed E-state index contributed by atoms with van der Waals surface area (Å²) >= 11 is 5.20. The van der Waals surface area contributed by atoms with Crippen LogP contribution in [0.3, 0.4) is 0 Å². The van der Waals surface area contributed by atoms with Crippen LogP contribution in [0.15, 0.2) is 52.1 Å². The van der Waals surface area contributed by atoms with Gasteiger partial charge in [-0.25, -0.2) is 0 Å². The molecule has 0 aliphatic carbocycles. The van der Waals surface area contributed by atoms with Crippen molar-refractivity contribution in [3.63, 3.8) is 0 Å². The standard InChI is InChI=1S/C21H26BrN5O2S/c1-15(2)29-20-16(12-17(22)13-19(20)28-3)14-23-10-7-11-30-21-24-25-26-27(21)18-8-5-4-6-9-18/h4-6,8-9,12-13,15,23H,7,10-11,14H2,1-3H3. The maximum Gasteiger partial charge on any atom is 0.214 e. The molecule has 3 rings (SSSR count). The molecule has 0 radical (unpaired) electrons. The van der Waals surface area contributed by atoms with E-state index in [0.717, 1.165) is 51.1 Å². The van der Waals surface area contributed by atoms with Gasteiger partial charge in [0.2, 0.25) is 5.16 Å². The lowest BCUT2D eigenvalue weighted by Gasteiger charge is -2.18.